The standard InChI is InChI=1S/C22H30BBrN2O6S2/c1-14-13-16(23-31-21(3,4)22(5,6)32-23)9-11-18(14)33(27,28)25-20-15(2)19(12-10-17(20)24)34(29,30)26(7)8/h9-13,25H,1-8H3. The van der Waals surface area contributed by atoms with Crippen molar-refractivity contribution in [1.82, 2.24) is 4.31 Å². The third-order valence-corrected chi connectivity index (χ3v) is 10.5. The largest absolute Gasteiger partial charge is 0.494 e. The van der Waals surface area contributed by atoms with E-state index in [1.807, 2.05) is 27.7 Å². The first-order valence-corrected chi connectivity index (χ1v) is 14.3. The molecule has 0 spiro atoms. The number of aryl methyl sites for hydroxylation is 1. The Labute approximate surface area is 211 Å². The van der Waals surface area contributed by atoms with E-state index in [2.05, 4.69) is 20.7 Å². The van der Waals surface area contributed by atoms with Crippen LogP contribution >= 0.6 is 15.9 Å². The molecule has 0 aliphatic carbocycles. The van der Waals surface area contributed by atoms with Gasteiger partial charge in [0.2, 0.25) is 10.0 Å². The Morgan fingerprint density at radius 1 is 0.912 bits per heavy atom. The zero-order chi connectivity index (χ0) is 25.9. The monoisotopic (exact) mass is 572 g/mol. The van der Waals surface area contributed by atoms with E-state index in [1.165, 1.54) is 32.3 Å². The van der Waals surface area contributed by atoms with Gasteiger partial charge in [0.05, 0.1) is 26.7 Å². The highest BCUT2D eigenvalue weighted by molar-refractivity contribution is 9.10. The third-order valence-electron chi connectivity index (χ3n) is 6.37. The van der Waals surface area contributed by atoms with Crippen LogP contribution in [0.4, 0.5) is 5.69 Å². The van der Waals surface area contributed by atoms with E-state index in [1.54, 1.807) is 26.0 Å². The lowest BCUT2D eigenvalue weighted by molar-refractivity contribution is 0.00578. The maximum Gasteiger partial charge on any atom is 0.494 e. The minimum Gasteiger partial charge on any atom is -0.399 e. The van der Waals surface area contributed by atoms with Crippen LogP contribution < -0.4 is 10.2 Å². The van der Waals surface area contributed by atoms with Crippen molar-refractivity contribution in [2.75, 3.05) is 18.8 Å². The Kier molecular flexibility index (Phi) is 7.11. The lowest BCUT2D eigenvalue weighted by Crippen LogP contribution is -2.41. The second kappa shape index (κ2) is 8.90. The quantitative estimate of drug-likeness (QED) is 0.532. The maximum atomic E-state index is 13.3. The van der Waals surface area contributed by atoms with Crippen molar-refractivity contribution in [2.24, 2.45) is 0 Å². The van der Waals surface area contributed by atoms with E-state index >= 15 is 0 Å². The summed E-state index contributed by atoms with van der Waals surface area (Å²) in [5.74, 6) is 0. The molecule has 2 aromatic carbocycles. The number of benzene rings is 2. The molecule has 0 unspecified atom stereocenters. The topological polar surface area (TPSA) is 102 Å². The fourth-order valence-electron chi connectivity index (χ4n) is 3.55. The van der Waals surface area contributed by atoms with Gasteiger partial charge in [-0.15, -0.1) is 0 Å². The van der Waals surface area contributed by atoms with E-state index in [0.717, 1.165) is 4.31 Å². The van der Waals surface area contributed by atoms with Crippen LogP contribution in [0.1, 0.15) is 38.8 Å². The number of halogens is 1. The van der Waals surface area contributed by atoms with Crippen LogP contribution in [0.15, 0.2) is 44.6 Å². The number of rotatable bonds is 6. The predicted octanol–water partition coefficient (Wildman–Crippen LogP) is 3.42. The molecule has 8 nitrogen and oxygen atoms in total. The van der Waals surface area contributed by atoms with Gasteiger partial charge in [-0.25, -0.2) is 21.1 Å². The van der Waals surface area contributed by atoms with E-state index in [4.69, 9.17) is 9.31 Å². The van der Waals surface area contributed by atoms with Crippen LogP contribution in [-0.4, -0.2) is 53.6 Å². The molecule has 0 aromatic heterocycles. The van der Waals surface area contributed by atoms with Crippen molar-refractivity contribution in [3.8, 4) is 0 Å². The van der Waals surface area contributed by atoms with Gasteiger partial charge in [0.15, 0.2) is 0 Å². The number of nitrogens with one attached hydrogen (secondary N) is 1. The Balaban J connectivity index is 1.97. The van der Waals surface area contributed by atoms with E-state index < -0.39 is 38.4 Å². The van der Waals surface area contributed by atoms with Crippen LogP contribution in [0.3, 0.4) is 0 Å². The Hall–Kier alpha value is -1.44. The molecular formula is C22H30BBrN2O6S2. The van der Waals surface area contributed by atoms with Gasteiger partial charge in [0, 0.05) is 18.6 Å². The SMILES string of the molecule is Cc1cc(B2OC(C)(C)C(C)(C)O2)ccc1S(=O)(=O)Nc1c(Br)ccc(S(=O)(=O)N(C)C)c1C. The second-order valence-electron chi connectivity index (χ2n) is 9.55. The molecule has 2 aromatic rings. The summed E-state index contributed by atoms with van der Waals surface area (Å²) < 4.78 is 68.2. The summed E-state index contributed by atoms with van der Waals surface area (Å²) in [5, 5.41) is 0. The van der Waals surface area contributed by atoms with Gasteiger partial charge in [-0.1, -0.05) is 12.1 Å². The Morgan fingerprint density at radius 3 is 1.94 bits per heavy atom. The molecule has 0 saturated carbocycles. The number of hydrogen-bond acceptors (Lipinski definition) is 6. The lowest BCUT2D eigenvalue weighted by atomic mass is 9.78. The molecule has 186 valence electrons. The van der Waals surface area contributed by atoms with Gasteiger partial charge in [0.1, 0.15) is 0 Å². The molecule has 1 fully saturated rings. The Morgan fingerprint density at radius 2 is 1.44 bits per heavy atom. The summed E-state index contributed by atoms with van der Waals surface area (Å²) in [5.41, 5.74) is 0.645. The first kappa shape index (κ1) is 27.2. The summed E-state index contributed by atoms with van der Waals surface area (Å²) in [6.07, 6.45) is 0. The van der Waals surface area contributed by atoms with Crippen LogP contribution in [0.5, 0.6) is 0 Å². The predicted molar refractivity (Wildman–Crippen MR) is 137 cm³/mol. The van der Waals surface area contributed by atoms with E-state index in [0.29, 0.717) is 15.5 Å². The highest BCUT2D eigenvalue weighted by atomic mass is 79.9. The smallest absolute Gasteiger partial charge is 0.399 e. The normalized spacial score (nSPS) is 17.9. The van der Waals surface area contributed by atoms with Crippen LogP contribution in [0, 0.1) is 13.8 Å². The first-order valence-electron chi connectivity index (χ1n) is 10.6. The van der Waals surface area contributed by atoms with Crippen LogP contribution in [-0.2, 0) is 29.4 Å². The molecule has 1 aliphatic rings. The fraction of sp³-hybridized carbons (Fsp3) is 0.455. The minimum atomic E-state index is -4.03. The molecule has 12 heteroatoms. The van der Waals surface area contributed by atoms with E-state index in [-0.39, 0.29) is 21.0 Å². The third kappa shape index (κ3) is 4.81. The van der Waals surface area contributed by atoms with Crippen molar-refractivity contribution in [1.29, 1.82) is 0 Å². The molecule has 1 aliphatic heterocycles. The van der Waals surface area contributed by atoms with Gasteiger partial charge in [0.25, 0.3) is 10.0 Å². The first-order chi connectivity index (χ1) is 15.4. The minimum absolute atomic E-state index is 0.0197. The molecule has 1 heterocycles. The van der Waals surface area contributed by atoms with Gasteiger partial charge < -0.3 is 9.31 Å². The summed E-state index contributed by atoms with van der Waals surface area (Å²) in [6, 6.07) is 7.85. The number of hydrogen-bond donors (Lipinski definition) is 1. The molecule has 0 bridgehead atoms. The summed E-state index contributed by atoms with van der Waals surface area (Å²) in [6.45, 7) is 11.1. The zero-order valence-corrected chi connectivity index (χ0v) is 23.8. The average Bonchev–Trinajstić information content (AvgIpc) is 2.91. The highest BCUT2D eigenvalue weighted by Crippen LogP contribution is 2.37. The summed E-state index contributed by atoms with van der Waals surface area (Å²) in [4.78, 5) is 0.0890. The van der Waals surface area contributed by atoms with Gasteiger partial charge in [-0.3, -0.25) is 4.72 Å². The van der Waals surface area contributed by atoms with Gasteiger partial charge >= 0.3 is 7.12 Å². The van der Waals surface area contributed by atoms with Crippen LogP contribution in [0.25, 0.3) is 0 Å². The molecule has 3 rings (SSSR count). The second-order valence-corrected chi connectivity index (χ2v) is 14.2. The summed E-state index contributed by atoms with van der Waals surface area (Å²) in [7, 11) is -5.56. The number of nitrogens with zero attached hydrogens (tertiary/aromatic N) is 1. The Bertz CT molecular complexity index is 1330. The summed E-state index contributed by atoms with van der Waals surface area (Å²) >= 11 is 3.34. The number of sulfonamides is 2. The zero-order valence-electron chi connectivity index (χ0n) is 20.6. The average molecular weight is 573 g/mol. The maximum absolute atomic E-state index is 13.3. The lowest BCUT2D eigenvalue weighted by Gasteiger charge is -2.32. The molecule has 1 N–H and O–H groups in total. The van der Waals surface area contributed by atoms with Gasteiger partial charge in [-0.2, -0.15) is 0 Å². The van der Waals surface area contributed by atoms with Crippen molar-refractivity contribution in [3.63, 3.8) is 0 Å². The fourth-order valence-corrected chi connectivity index (χ4v) is 6.70. The van der Waals surface area contributed by atoms with Crippen molar-refractivity contribution in [2.45, 2.75) is 62.5 Å². The van der Waals surface area contributed by atoms with Crippen molar-refractivity contribution < 1.29 is 26.1 Å². The number of anilines is 1. The molecule has 1 saturated heterocycles. The molecule has 34 heavy (non-hydrogen) atoms. The molecule has 0 amide bonds. The van der Waals surface area contributed by atoms with Crippen molar-refractivity contribution >= 4 is 54.2 Å². The van der Waals surface area contributed by atoms with Crippen molar-refractivity contribution in [3.05, 3.63) is 45.9 Å². The molecular weight excluding hydrogens is 543 g/mol. The highest BCUT2D eigenvalue weighted by Gasteiger charge is 2.51. The molecule has 0 radical (unpaired) electrons. The van der Waals surface area contributed by atoms with E-state index in [9.17, 15) is 16.8 Å². The van der Waals surface area contributed by atoms with Crippen LogP contribution in [0.2, 0.25) is 0 Å². The molecule has 0 atom stereocenters. The van der Waals surface area contributed by atoms with Gasteiger partial charge in [-0.05, 0) is 92.3 Å².